The summed E-state index contributed by atoms with van der Waals surface area (Å²) >= 11 is 0. The molecule has 0 aliphatic heterocycles. The van der Waals surface area contributed by atoms with Crippen molar-refractivity contribution in [2.45, 2.75) is 32.7 Å². The van der Waals surface area contributed by atoms with E-state index in [2.05, 4.69) is 5.32 Å². The highest BCUT2D eigenvalue weighted by Crippen LogP contribution is 2.18. The number of nitrogens with one attached hydrogen (secondary N) is 1. The van der Waals surface area contributed by atoms with Gasteiger partial charge in [-0.15, -0.1) is 0 Å². The van der Waals surface area contributed by atoms with E-state index in [1.54, 1.807) is 19.9 Å². The van der Waals surface area contributed by atoms with Crippen molar-refractivity contribution in [3.63, 3.8) is 0 Å². The maximum absolute atomic E-state index is 12.0. The highest BCUT2D eigenvalue weighted by molar-refractivity contribution is 5.80. The normalized spacial score (nSPS) is 12.0. The van der Waals surface area contributed by atoms with Gasteiger partial charge in [0.25, 0.3) is 5.69 Å². The van der Waals surface area contributed by atoms with Gasteiger partial charge < -0.3 is 10.4 Å². The van der Waals surface area contributed by atoms with Gasteiger partial charge in [-0.3, -0.25) is 19.7 Å². The van der Waals surface area contributed by atoms with Crippen molar-refractivity contribution in [1.29, 1.82) is 0 Å². The van der Waals surface area contributed by atoms with Crippen LogP contribution in [0.25, 0.3) is 0 Å². The number of benzene rings is 1. The molecule has 7 nitrogen and oxygen atoms in total. The second-order valence-electron chi connectivity index (χ2n) is 5.08. The summed E-state index contributed by atoms with van der Waals surface area (Å²) in [6.07, 6.45) is -0.333. The smallest absolute Gasteiger partial charge is 0.305 e. The number of nitrogens with zero attached hydrogens (tertiary/aromatic N) is 1. The summed E-state index contributed by atoms with van der Waals surface area (Å²) in [5.41, 5.74) is 0.185. The van der Waals surface area contributed by atoms with E-state index < -0.39 is 22.8 Å². The zero-order chi connectivity index (χ0) is 16.0. The van der Waals surface area contributed by atoms with Crippen LogP contribution in [0.3, 0.4) is 0 Å². The molecule has 0 saturated heterocycles. The third kappa shape index (κ3) is 5.21. The monoisotopic (exact) mass is 294 g/mol. The fraction of sp³-hybridized carbons (Fsp3) is 0.429. The summed E-state index contributed by atoms with van der Waals surface area (Å²) in [7, 11) is 0. The molecule has 1 rings (SSSR count). The zero-order valence-electron chi connectivity index (χ0n) is 11.9. The molecule has 0 spiro atoms. The minimum atomic E-state index is -1.00. The first kappa shape index (κ1) is 16.6. The first-order valence-electron chi connectivity index (χ1n) is 6.54. The van der Waals surface area contributed by atoms with Gasteiger partial charge in [0.05, 0.1) is 17.8 Å². The summed E-state index contributed by atoms with van der Waals surface area (Å²) in [5.74, 6) is -1.47. The van der Waals surface area contributed by atoms with Crippen molar-refractivity contribution in [1.82, 2.24) is 5.32 Å². The lowest BCUT2D eigenvalue weighted by atomic mass is 10.0. The average molecular weight is 294 g/mol. The Labute approximate surface area is 122 Å². The van der Waals surface area contributed by atoms with Crippen LogP contribution in [0.4, 0.5) is 5.69 Å². The molecular weight excluding hydrogens is 276 g/mol. The van der Waals surface area contributed by atoms with Crippen molar-refractivity contribution in [2.24, 2.45) is 5.92 Å². The lowest BCUT2D eigenvalue weighted by Gasteiger charge is -2.20. The summed E-state index contributed by atoms with van der Waals surface area (Å²) in [5, 5.41) is 22.3. The maximum Gasteiger partial charge on any atom is 0.305 e. The molecular formula is C14H18N2O5. The number of nitro groups is 1. The Kier molecular flexibility index (Phi) is 5.83. The number of hydrogen-bond donors (Lipinski definition) is 2. The average Bonchev–Trinajstić information content (AvgIpc) is 2.37. The molecule has 21 heavy (non-hydrogen) atoms. The number of carboxylic acids is 1. The van der Waals surface area contributed by atoms with Crippen LogP contribution in [0.15, 0.2) is 24.3 Å². The van der Waals surface area contributed by atoms with Crippen LogP contribution in [0.2, 0.25) is 0 Å². The van der Waals surface area contributed by atoms with Crippen molar-refractivity contribution < 1.29 is 19.6 Å². The van der Waals surface area contributed by atoms with Gasteiger partial charge in [0.2, 0.25) is 5.91 Å². The van der Waals surface area contributed by atoms with Crippen LogP contribution < -0.4 is 5.32 Å². The van der Waals surface area contributed by atoms with Crippen LogP contribution in [0, 0.1) is 16.0 Å². The van der Waals surface area contributed by atoms with Gasteiger partial charge in [-0.1, -0.05) is 32.0 Å². The SMILES string of the molecule is CC(C)C(CC(=O)O)NC(=O)Cc1ccccc1[N+](=O)[O-]. The van der Waals surface area contributed by atoms with Crippen molar-refractivity contribution in [2.75, 3.05) is 0 Å². The quantitative estimate of drug-likeness (QED) is 0.588. The summed E-state index contributed by atoms with van der Waals surface area (Å²) in [6, 6.07) is 5.49. The molecule has 0 aliphatic rings. The second-order valence-corrected chi connectivity index (χ2v) is 5.08. The van der Waals surface area contributed by atoms with E-state index in [1.807, 2.05) is 0 Å². The molecule has 0 radical (unpaired) electrons. The van der Waals surface area contributed by atoms with Gasteiger partial charge in [0.15, 0.2) is 0 Å². The Bertz CT molecular complexity index is 542. The Hall–Kier alpha value is -2.44. The van der Waals surface area contributed by atoms with Gasteiger partial charge in [0.1, 0.15) is 0 Å². The number of aliphatic carboxylic acids is 1. The van der Waals surface area contributed by atoms with E-state index in [0.717, 1.165) is 0 Å². The first-order valence-corrected chi connectivity index (χ1v) is 6.54. The number of carboxylic acid groups (broad SMARTS) is 1. The molecule has 0 bridgehead atoms. The largest absolute Gasteiger partial charge is 0.481 e. The van der Waals surface area contributed by atoms with Crippen LogP contribution >= 0.6 is 0 Å². The lowest BCUT2D eigenvalue weighted by Crippen LogP contribution is -2.40. The summed E-state index contributed by atoms with van der Waals surface area (Å²) in [6.45, 7) is 3.61. The molecule has 1 aromatic carbocycles. The summed E-state index contributed by atoms with van der Waals surface area (Å²) in [4.78, 5) is 33.0. The van der Waals surface area contributed by atoms with Gasteiger partial charge in [-0.25, -0.2) is 0 Å². The van der Waals surface area contributed by atoms with E-state index in [9.17, 15) is 19.7 Å². The predicted molar refractivity (Wildman–Crippen MR) is 75.8 cm³/mol. The summed E-state index contributed by atoms with van der Waals surface area (Å²) < 4.78 is 0. The van der Waals surface area contributed by atoms with Gasteiger partial charge >= 0.3 is 5.97 Å². The van der Waals surface area contributed by atoms with Crippen molar-refractivity contribution in [3.8, 4) is 0 Å². The van der Waals surface area contributed by atoms with Crippen LogP contribution in [-0.4, -0.2) is 27.9 Å². The Morgan fingerprint density at radius 2 is 1.95 bits per heavy atom. The minimum Gasteiger partial charge on any atom is -0.481 e. The third-order valence-corrected chi connectivity index (χ3v) is 3.08. The number of amides is 1. The van der Waals surface area contributed by atoms with Crippen LogP contribution in [-0.2, 0) is 16.0 Å². The number of rotatable bonds is 7. The Balaban J connectivity index is 2.77. The zero-order valence-corrected chi connectivity index (χ0v) is 11.9. The molecule has 2 N–H and O–H groups in total. The molecule has 0 heterocycles. The fourth-order valence-corrected chi connectivity index (χ4v) is 1.91. The van der Waals surface area contributed by atoms with Crippen LogP contribution in [0.1, 0.15) is 25.8 Å². The second kappa shape index (κ2) is 7.37. The van der Waals surface area contributed by atoms with Crippen molar-refractivity contribution >= 4 is 17.6 Å². The molecule has 1 aromatic rings. The molecule has 0 saturated carbocycles. The van der Waals surface area contributed by atoms with Crippen LogP contribution in [0.5, 0.6) is 0 Å². The highest BCUT2D eigenvalue weighted by atomic mass is 16.6. The van der Waals surface area contributed by atoms with E-state index >= 15 is 0 Å². The lowest BCUT2D eigenvalue weighted by molar-refractivity contribution is -0.385. The van der Waals surface area contributed by atoms with E-state index in [0.29, 0.717) is 5.56 Å². The van der Waals surface area contributed by atoms with E-state index in [4.69, 9.17) is 5.11 Å². The molecule has 0 aromatic heterocycles. The Morgan fingerprint density at radius 3 is 2.48 bits per heavy atom. The predicted octanol–water partition coefficient (Wildman–Crippen LogP) is 1.75. The van der Waals surface area contributed by atoms with Gasteiger partial charge in [-0.05, 0) is 5.92 Å². The standard InChI is InChI=1S/C14H18N2O5/c1-9(2)11(8-14(18)19)15-13(17)7-10-5-3-4-6-12(10)16(20)21/h3-6,9,11H,7-8H2,1-2H3,(H,15,17)(H,18,19). The molecule has 0 aliphatic carbocycles. The molecule has 1 atom stereocenters. The van der Waals surface area contributed by atoms with E-state index in [-0.39, 0.29) is 24.4 Å². The maximum atomic E-state index is 12.0. The van der Waals surface area contributed by atoms with Crippen molar-refractivity contribution in [3.05, 3.63) is 39.9 Å². The highest BCUT2D eigenvalue weighted by Gasteiger charge is 2.21. The number of para-hydroxylation sites is 1. The molecule has 7 heteroatoms. The Morgan fingerprint density at radius 1 is 1.33 bits per heavy atom. The number of nitro benzene ring substituents is 1. The third-order valence-electron chi connectivity index (χ3n) is 3.08. The topological polar surface area (TPSA) is 110 Å². The van der Waals surface area contributed by atoms with E-state index in [1.165, 1.54) is 18.2 Å². The number of hydrogen-bond acceptors (Lipinski definition) is 4. The van der Waals surface area contributed by atoms with Gasteiger partial charge in [-0.2, -0.15) is 0 Å². The molecule has 1 amide bonds. The van der Waals surface area contributed by atoms with Gasteiger partial charge in [0, 0.05) is 17.7 Å². The minimum absolute atomic E-state index is 0.0455. The molecule has 1 unspecified atom stereocenters. The fourth-order valence-electron chi connectivity index (χ4n) is 1.91. The number of carbonyl (C=O) groups is 2. The molecule has 0 fully saturated rings. The molecule has 114 valence electrons. The number of carbonyl (C=O) groups excluding carboxylic acids is 1. The first-order chi connectivity index (χ1) is 9.81.